The second kappa shape index (κ2) is 6.00. The van der Waals surface area contributed by atoms with Gasteiger partial charge in [-0.15, -0.1) is 0 Å². The molecule has 2 heterocycles. The van der Waals surface area contributed by atoms with E-state index in [1.807, 2.05) is 30.0 Å². The van der Waals surface area contributed by atoms with Crippen molar-refractivity contribution in [1.29, 1.82) is 5.26 Å². The lowest BCUT2D eigenvalue weighted by molar-refractivity contribution is 0.638. The smallest absolute Gasteiger partial charge is 0.332 e. The summed E-state index contributed by atoms with van der Waals surface area (Å²) in [4.78, 5) is 26.7. The molecule has 1 saturated heterocycles. The quantitative estimate of drug-likeness (QED) is 0.841. The van der Waals surface area contributed by atoms with Crippen LogP contribution in [-0.2, 0) is 14.1 Å². The Bertz CT molecular complexity index is 949. The lowest BCUT2D eigenvalue weighted by atomic mass is 10.0. The molecular formula is C18H20N4O2. The number of aromatic nitrogens is 2. The Labute approximate surface area is 140 Å². The topological polar surface area (TPSA) is 71.0 Å². The predicted octanol–water partition coefficient (Wildman–Crippen LogP) is 1.61. The van der Waals surface area contributed by atoms with Gasteiger partial charge < -0.3 is 4.90 Å². The van der Waals surface area contributed by atoms with Gasteiger partial charge in [0.15, 0.2) is 5.56 Å². The normalized spacial score (nSPS) is 17.1. The highest BCUT2D eigenvalue weighted by Crippen LogP contribution is 2.36. The van der Waals surface area contributed by atoms with Gasteiger partial charge in [-0.2, -0.15) is 5.26 Å². The minimum Gasteiger partial charge on any atom is -0.350 e. The van der Waals surface area contributed by atoms with Gasteiger partial charge in [-0.1, -0.05) is 29.8 Å². The van der Waals surface area contributed by atoms with E-state index in [4.69, 9.17) is 0 Å². The number of benzene rings is 1. The molecule has 1 fully saturated rings. The molecule has 1 atom stereocenters. The largest absolute Gasteiger partial charge is 0.350 e. The minimum absolute atomic E-state index is 0.0270. The molecule has 1 aliphatic rings. The van der Waals surface area contributed by atoms with Crippen molar-refractivity contribution >= 4 is 5.82 Å². The Morgan fingerprint density at radius 2 is 1.96 bits per heavy atom. The first kappa shape index (κ1) is 16.1. The maximum absolute atomic E-state index is 12.3. The molecule has 0 spiro atoms. The van der Waals surface area contributed by atoms with Crippen molar-refractivity contribution in [3.63, 3.8) is 0 Å². The van der Waals surface area contributed by atoms with Crippen molar-refractivity contribution in [2.75, 3.05) is 11.4 Å². The fourth-order valence-corrected chi connectivity index (χ4v) is 3.51. The van der Waals surface area contributed by atoms with Gasteiger partial charge in [0.2, 0.25) is 0 Å². The summed E-state index contributed by atoms with van der Waals surface area (Å²) in [5.41, 5.74) is 1.38. The van der Waals surface area contributed by atoms with Crippen molar-refractivity contribution in [3.8, 4) is 6.07 Å². The van der Waals surface area contributed by atoms with Crippen LogP contribution in [0.15, 0.2) is 33.9 Å². The fraction of sp³-hybridized carbons (Fsp3) is 0.389. The zero-order valence-electron chi connectivity index (χ0n) is 14.1. The summed E-state index contributed by atoms with van der Waals surface area (Å²) in [5.74, 6) is 0.426. The van der Waals surface area contributed by atoms with Crippen LogP contribution < -0.4 is 16.1 Å². The number of nitriles is 1. The zero-order valence-corrected chi connectivity index (χ0v) is 14.1. The van der Waals surface area contributed by atoms with E-state index in [2.05, 4.69) is 12.1 Å². The predicted molar refractivity (Wildman–Crippen MR) is 92.1 cm³/mol. The van der Waals surface area contributed by atoms with E-state index in [1.165, 1.54) is 11.6 Å². The number of rotatable bonds is 2. The highest BCUT2D eigenvalue weighted by Gasteiger charge is 2.31. The second-order valence-corrected chi connectivity index (χ2v) is 6.28. The lowest BCUT2D eigenvalue weighted by Gasteiger charge is -2.29. The standard InChI is InChI=1S/C18H20N4O2/c1-12-6-4-7-13(10-12)15-8-5-9-22(15)16-14(11-19)17(23)21(3)18(24)20(16)2/h4,6-7,10,15H,5,8-9H2,1-3H3. The molecule has 6 heteroatoms. The van der Waals surface area contributed by atoms with Gasteiger partial charge in [-0.25, -0.2) is 4.79 Å². The van der Waals surface area contributed by atoms with Crippen LogP contribution in [-0.4, -0.2) is 15.7 Å². The van der Waals surface area contributed by atoms with Crippen molar-refractivity contribution < 1.29 is 0 Å². The van der Waals surface area contributed by atoms with Gasteiger partial charge in [0.1, 0.15) is 11.9 Å². The monoisotopic (exact) mass is 324 g/mol. The van der Waals surface area contributed by atoms with Crippen LogP contribution in [0, 0.1) is 18.3 Å². The first-order chi connectivity index (χ1) is 11.5. The van der Waals surface area contributed by atoms with Crippen LogP contribution in [0.1, 0.15) is 35.6 Å². The third-order valence-electron chi connectivity index (χ3n) is 4.70. The molecule has 1 aromatic carbocycles. The van der Waals surface area contributed by atoms with Crippen molar-refractivity contribution in [2.24, 2.45) is 14.1 Å². The molecule has 0 radical (unpaired) electrons. The van der Waals surface area contributed by atoms with Crippen LogP contribution in [0.3, 0.4) is 0 Å². The van der Waals surface area contributed by atoms with Crippen LogP contribution in [0.2, 0.25) is 0 Å². The van der Waals surface area contributed by atoms with E-state index in [0.29, 0.717) is 12.4 Å². The van der Waals surface area contributed by atoms with Crippen molar-refractivity contribution in [2.45, 2.75) is 25.8 Å². The summed E-state index contributed by atoms with van der Waals surface area (Å²) in [6.45, 7) is 2.76. The van der Waals surface area contributed by atoms with E-state index in [-0.39, 0.29) is 11.6 Å². The molecule has 24 heavy (non-hydrogen) atoms. The first-order valence-electron chi connectivity index (χ1n) is 7.99. The van der Waals surface area contributed by atoms with Crippen LogP contribution >= 0.6 is 0 Å². The van der Waals surface area contributed by atoms with Gasteiger partial charge in [0.05, 0.1) is 6.04 Å². The highest BCUT2D eigenvalue weighted by atomic mass is 16.2. The molecule has 0 N–H and O–H groups in total. The molecule has 1 unspecified atom stereocenters. The molecule has 1 aliphatic heterocycles. The summed E-state index contributed by atoms with van der Waals surface area (Å²) in [5, 5.41) is 9.49. The summed E-state index contributed by atoms with van der Waals surface area (Å²) in [7, 11) is 3.01. The Kier molecular flexibility index (Phi) is 4.02. The third-order valence-corrected chi connectivity index (χ3v) is 4.70. The lowest BCUT2D eigenvalue weighted by Crippen LogP contribution is -2.42. The second-order valence-electron chi connectivity index (χ2n) is 6.28. The SMILES string of the molecule is Cc1cccc(C2CCCN2c2c(C#N)c(=O)n(C)c(=O)n2C)c1. The van der Waals surface area contributed by atoms with E-state index in [9.17, 15) is 14.9 Å². The average Bonchev–Trinajstić information content (AvgIpc) is 3.05. The number of aryl methyl sites for hydroxylation is 1. The van der Waals surface area contributed by atoms with Crippen molar-refractivity contribution in [1.82, 2.24) is 9.13 Å². The van der Waals surface area contributed by atoms with Gasteiger partial charge >= 0.3 is 5.69 Å². The van der Waals surface area contributed by atoms with Crippen LogP contribution in [0.25, 0.3) is 0 Å². The fourth-order valence-electron chi connectivity index (χ4n) is 3.51. The zero-order chi connectivity index (χ0) is 17.4. The first-order valence-corrected chi connectivity index (χ1v) is 7.99. The van der Waals surface area contributed by atoms with Gasteiger partial charge in [-0.3, -0.25) is 13.9 Å². The maximum Gasteiger partial charge on any atom is 0.332 e. The van der Waals surface area contributed by atoms with E-state index < -0.39 is 11.2 Å². The summed E-state index contributed by atoms with van der Waals surface area (Å²) in [6, 6.07) is 10.3. The summed E-state index contributed by atoms with van der Waals surface area (Å²) < 4.78 is 2.40. The summed E-state index contributed by atoms with van der Waals surface area (Å²) >= 11 is 0. The average molecular weight is 324 g/mol. The summed E-state index contributed by atoms with van der Waals surface area (Å²) in [6.07, 6.45) is 1.88. The van der Waals surface area contributed by atoms with Crippen LogP contribution in [0.5, 0.6) is 0 Å². The molecule has 0 amide bonds. The minimum atomic E-state index is -0.537. The molecular weight excluding hydrogens is 304 g/mol. The van der Waals surface area contributed by atoms with E-state index in [1.54, 1.807) is 7.05 Å². The van der Waals surface area contributed by atoms with E-state index >= 15 is 0 Å². The third kappa shape index (κ3) is 2.42. The number of hydrogen-bond acceptors (Lipinski definition) is 4. The van der Waals surface area contributed by atoms with E-state index in [0.717, 1.165) is 28.5 Å². The number of nitrogens with zero attached hydrogens (tertiary/aromatic N) is 4. The molecule has 1 aromatic heterocycles. The number of anilines is 1. The molecule has 6 nitrogen and oxygen atoms in total. The molecule has 124 valence electrons. The van der Waals surface area contributed by atoms with Crippen molar-refractivity contribution in [3.05, 3.63) is 61.8 Å². The molecule has 3 rings (SSSR count). The molecule has 0 bridgehead atoms. The Morgan fingerprint density at radius 3 is 2.62 bits per heavy atom. The Balaban J connectivity index is 2.20. The maximum atomic E-state index is 12.3. The van der Waals surface area contributed by atoms with Gasteiger partial charge in [-0.05, 0) is 25.3 Å². The number of hydrogen-bond donors (Lipinski definition) is 0. The molecule has 0 aliphatic carbocycles. The van der Waals surface area contributed by atoms with Crippen LogP contribution in [0.4, 0.5) is 5.82 Å². The Morgan fingerprint density at radius 1 is 1.21 bits per heavy atom. The molecule has 0 saturated carbocycles. The van der Waals surface area contributed by atoms with Gasteiger partial charge in [0, 0.05) is 20.6 Å². The molecule has 2 aromatic rings. The highest BCUT2D eigenvalue weighted by molar-refractivity contribution is 5.56. The Hall–Kier alpha value is -2.81. The van der Waals surface area contributed by atoms with Gasteiger partial charge in [0.25, 0.3) is 5.56 Å².